The van der Waals surface area contributed by atoms with Crippen LogP contribution in [0.3, 0.4) is 0 Å². The lowest BCUT2D eigenvalue weighted by molar-refractivity contribution is -0.139. The fourth-order valence-electron chi connectivity index (χ4n) is 3.73. The highest BCUT2D eigenvalue weighted by atomic mass is 16.5. The first-order chi connectivity index (χ1) is 14.5. The highest BCUT2D eigenvalue weighted by Gasteiger charge is 2.29. The number of nitrogens with one attached hydrogen (secondary N) is 1. The number of benzene rings is 3. The van der Waals surface area contributed by atoms with Crippen molar-refractivity contribution >= 4 is 12.1 Å². The summed E-state index contributed by atoms with van der Waals surface area (Å²) in [5.74, 6) is -1.58. The Morgan fingerprint density at radius 3 is 2.07 bits per heavy atom. The average molecular weight is 388 g/mol. The Morgan fingerprint density at radius 2 is 1.48 bits per heavy atom. The molecule has 2 N–H and O–H groups in total. The number of hydrogen-bond donors (Lipinski definition) is 2. The van der Waals surface area contributed by atoms with Crippen molar-refractivity contribution in [2.24, 2.45) is 0 Å². The van der Waals surface area contributed by atoms with Gasteiger partial charge in [0.15, 0.2) is 0 Å². The van der Waals surface area contributed by atoms with Gasteiger partial charge in [0.05, 0.1) is 1.37 Å². The summed E-state index contributed by atoms with van der Waals surface area (Å²) in [5.41, 5.74) is 4.96. The van der Waals surface area contributed by atoms with Crippen LogP contribution < -0.4 is 5.32 Å². The molecular weight excluding hydrogens is 366 g/mol. The third-order valence-electron chi connectivity index (χ3n) is 5.08. The predicted molar refractivity (Wildman–Crippen MR) is 110 cm³/mol. The molecule has 0 fully saturated rings. The first kappa shape index (κ1) is 17.5. The van der Waals surface area contributed by atoms with Crippen LogP contribution in [0.25, 0.3) is 11.1 Å². The van der Waals surface area contributed by atoms with Crippen LogP contribution in [0, 0.1) is 0 Å². The van der Waals surface area contributed by atoms with Gasteiger partial charge >= 0.3 is 12.1 Å². The molecule has 0 aromatic heterocycles. The van der Waals surface area contributed by atoms with Gasteiger partial charge in [-0.2, -0.15) is 0 Å². The maximum Gasteiger partial charge on any atom is 0.407 e. The second-order valence-electron chi connectivity index (χ2n) is 6.90. The van der Waals surface area contributed by atoms with Crippen LogP contribution in [0.5, 0.6) is 0 Å². The van der Waals surface area contributed by atoms with E-state index in [1.807, 2.05) is 48.5 Å². The van der Waals surface area contributed by atoms with E-state index in [-0.39, 0.29) is 18.9 Å². The summed E-state index contributed by atoms with van der Waals surface area (Å²) < 4.78 is 13.6. The molecular formula is C24H21NO4. The monoisotopic (exact) mass is 388 g/mol. The van der Waals surface area contributed by atoms with Gasteiger partial charge < -0.3 is 15.2 Å². The number of carbonyl (C=O) groups excluding carboxylic acids is 1. The molecule has 3 aromatic carbocycles. The number of carboxylic acids is 1. The number of carbonyl (C=O) groups is 2. The molecule has 3 aromatic rings. The molecule has 0 unspecified atom stereocenters. The molecule has 29 heavy (non-hydrogen) atoms. The van der Waals surface area contributed by atoms with Gasteiger partial charge in [0, 0.05) is 12.3 Å². The molecule has 0 heterocycles. The van der Waals surface area contributed by atoms with E-state index in [1.54, 1.807) is 30.3 Å². The van der Waals surface area contributed by atoms with E-state index in [0.29, 0.717) is 5.56 Å². The number of fused-ring (bicyclic) bond motifs is 3. The van der Waals surface area contributed by atoms with Crippen LogP contribution in [-0.4, -0.2) is 29.8 Å². The van der Waals surface area contributed by atoms with Crippen molar-refractivity contribution in [1.29, 1.82) is 0 Å². The van der Waals surface area contributed by atoms with Crippen LogP contribution >= 0.6 is 0 Å². The molecule has 146 valence electrons. The van der Waals surface area contributed by atoms with E-state index in [9.17, 15) is 14.7 Å². The first-order valence-corrected chi connectivity index (χ1v) is 9.38. The van der Waals surface area contributed by atoms with Crippen LogP contribution in [0.4, 0.5) is 4.79 Å². The van der Waals surface area contributed by atoms with Crippen LogP contribution in [-0.2, 0) is 16.0 Å². The minimum absolute atomic E-state index is 0.0564. The Kier molecular flexibility index (Phi) is 4.94. The van der Waals surface area contributed by atoms with E-state index >= 15 is 0 Å². The summed E-state index contributed by atoms with van der Waals surface area (Å²) in [5, 5.41) is 11.7. The maximum absolute atomic E-state index is 12.4. The van der Waals surface area contributed by atoms with E-state index in [2.05, 4.69) is 5.32 Å². The summed E-state index contributed by atoms with van der Waals surface area (Å²) in [4.78, 5) is 24.1. The molecule has 5 nitrogen and oxygen atoms in total. The molecule has 1 atom stereocenters. The SMILES string of the molecule is [2H][C@@](Cc1ccccc1)(NC(=O)OCC1c2ccccc2-c2ccccc21)C(=O)O. The third kappa shape index (κ3) is 3.99. The van der Waals surface area contributed by atoms with Gasteiger partial charge in [-0.15, -0.1) is 0 Å². The van der Waals surface area contributed by atoms with Crippen LogP contribution in [0.15, 0.2) is 78.9 Å². The first-order valence-electron chi connectivity index (χ1n) is 9.88. The lowest BCUT2D eigenvalue weighted by atomic mass is 9.98. The molecule has 1 amide bonds. The summed E-state index contributed by atoms with van der Waals surface area (Å²) in [6.07, 6.45) is -1.10. The third-order valence-corrected chi connectivity index (χ3v) is 5.08. The summed E-state index contributed by atoms with van der Waals surface area (Å²) >= 11 is 0. The van der Waals surface area contributed by atoms with Crippen molar-refractivity contribution in [2.75, 3.05) is 6.61 Å². The van der Waals surface area contributed by atoms with Crippen molar-refractivity contribution in [1.82, 2.24) is 5.32 Å². The van der Waals surface area contributed by atoms with Gasteiger partial charge in [-0.1, -0.05) is 78.9 Å². The van der Waals surface area contributed by atoms with E-state index in [4.69, 9.17) is 6.11 Å². The van der Waals surface area contributed by atoms with Crippen molar-refractivity contribution in [2.45, 2.75) is 18.4 Å². The largest absolute Gasteiger partial charge is 0.480 e. The second-order valence-corrected chi connectivity index (χ2v) is 6.90. The predicted octanol–water partition coefficient (Wildman–Crippen LogP) is 4.22. The molecule has 1 aliphatic rings. The second kappa shape index (κ2) is 8.19. The van der Waals surface area contributed by atoms with Crippen molar-refractivity contribution in [3.63, 3.8) is 0 Å². The normalized spacial score (nSPS) is 14.8. The Hall–Kier alpha value is -3.60. The summed E-state index contributed by atoms with van der Waals surface area (Å²) in [6.45, 7) is 0.0564. The fourth-order valence-corrected chi connectivity index (χ4v) is 3.73. The molecule has 0 spiro atoms. The molecule has 0 saturated heterocycles. The minimum Gasteiger partial charge on any atom is -0.480 e. The fraction of sp³-hybridized carbons (Fsp3) is 0.167. The Labute approximate surface area is 170 Å². The zero-order valence-corrected chi connectivity index (χ0v) is 15.7. The van der Waals surface area contributed by atoms with E-state index in [0.717, 1.165) is 22.3 Å². The maximum atomic E-state index is 12.4. The molecule has 5 heteroatoms. The van der Waals surface area contributed by atoms with Crippen molar-refractivity contribution < 1.29 is 20.8 Å². The Bertz CT molecular complexity index is 1040. The Morgan fingerprint density at radius 1 is 0.931 bits per heavy atom. The highest BCUT2D eigenvalue weighted by Crippen LogP contribution is 2.44. The molecule has 1 aliphatic carbocycles. The van der Waals surface area contributed by atoms with E-state index in [1.165, 1.54) is 0 Å². The number of rotatable bonds is 6. The molecule has 0 aliphatic heterocycles. The standard InChI is InChI=1S/C24H21NO4/c26-23(27)22(14-16-8-2-1-3-9-16)25-24(28)29-15-21-19-12-6-4-10-17(19)18-11-5-7-13-20(18)21/h1-13,21-22H,14-15H2,(H,25,28)(H,26,27)/t22-/m0/s1/i22D. The van der Waals surface area contributed by atoms with Gasteiger partial charge in [0.25, 0.3) is 0 Å². The quantitative estimate of drug-likeness (QED) is 0.663. The number of aliphatic carboxylic acids is 1. The number of carboxylic acid groups (broad SMARTS) is 1. The summed E-state index contributed by atoms with van der Waals surface area (Å²) in [6, 6.07) is 22.4. The van der Waals surface area contributed by atoms with Gasteiger partial charge in [0.2, 0.25) is 0 Å². The number of alkyl carbamates (subject to hydrolysis) is 1. The number of ether oxygens (including phenoxy) is 1. The van der Waals surface area contributed by atoms with Crippen molar-refractivity contribution in [3.05, 3.63) is 95.6 Å². The number of hydrogen-bond acceptors (Lipinski definition) is 3. The number of amides is 1. The van der Waals surface area contributed by atoms with Crippen LogP contribution in [0.2, 0.25) is 0 Å². The van der Waals surface area contributed by atoms with Gasteiger partial charge in [-0.25, -0.2) is 9.59 Å². The minimum atomic E-state index is -2.22. The molecule has 0 radical (unpaired) electrons. The molecule has 0 saturated carbocycles. The zero-order chi connectivity index (χ0) is 21.1. The van der Waals surface area contributed by atoms with E-state index < -0.39 is 18.1 Å². The van der Waals surface area contributed by atoms with Gasteiger partial charge in [-0.05, 0) is 27.8 Å². The summed E-state index contributed by atoms with van der Waals surface area (Å²) in [7, 11) is 0. The lowest BCUT2D eigenvalue weighted by Crippen LogP contribution is -2.42. The highest BCUT2D eigenvalue weighted by molar-refractivity contribution is 5.81. The smallest absolute Gasteiger partial charge is 0.407 e. The van der Waals surface area contributed by atoms with Gasteiger partial charge in [-0.3, -0.25) is 0 Å². The van der Waals surface area contributed by atoms with Crippen molar-refractivity contribution in [3.8, 4) is 11.1 Å². The van der Waals surface area contributed by atoms with Gasteiger partial charge in [0.1, 0.15) is 12.6 Å². The lowest BCUT2D eigenvalue weighted by Gasteiger charge is -2.17. The zero-order valence-electron chi connectivity index (χ0n) is 16.7. The average Bonchev–Trinajstić information content (AvgIpc) is 3.06. The molecule has 4 rings (SSSR count). The topological polar surface area (TPSA) is 75.6 Å². The molecule has 0 bridgehead atoms. The Balaban J connectivity index is 1.47. The van der Waals surface area contributed by atoms with Crippen LogP contribution in [0.1, 0.15) is 24.0 Å².